The summed E-state index contributed by atoms with van der Waals surface area (Å²) in [5.41, 5.74) is 0. The lowest BCUT2D eigenvalue weighted by Crippen LogP contribution is -2.76. The van der Waals surface area contributed by atoms with Gasteiger partial charge in [-0.05, 0) is 0 Å². The molecule has 0 unspecified atom stereocenters. The molecule has 0 saturated carbocycles. The fraction of sp³-hybridized carbons (Fsp3) is 1.00. The maximum atomic E-state index is 6.65. The van der Waals surface area contributed by atoms with E-state index in [-0.39, 0.29) is 0 Å². The molecule has 0 aromatic carbocycles. The monoisotopic (exact) mass is 1870 g/mol. The summed E-state index contributed by atoms with van der Waals surface area (Å²) in [6, 6.07) is 0. The van der Waals surface area contributed by atoms with Crippen molar-refractivity contribution < 1.29 is 0 Å². The van der Waals surface area contributed by atoms with Gasteiger partial charge in [-0.1, -0.05) is 534 Å². The summed E-state index contributed by atoms with van der Waals surface area (Å²) in [4.78, 5) is 0. The van der Waals surface area contributed by atoms with Gasteiger partial charge in [-0.15, -0.1) is 0 Å². The number of halogens is 46. The summed E-state index contributed by atoms with van der Waals surface area (Å²) in [7, 11) is 0. The van der Waals surface area contributed by atoms with Crippen LogP contribution in [0.4, 0.5) is 0 Å². The third kappa shape index (κ3) is 11.9. The van der Waals surface area contributed by atoms with Gasteiger partial charge in [0.05, 0.1) is 0 Å². The van der Waals surface area contributed by atoms with E-state index in [1.807, 2.05) is 0 Å². The average molecular weight is 1900 g/mol. The smallest absolute Gasteiger partial charge is 0.0946 e. The Bertz CT molecular complexity index is 1690. The van der Waals surface area contributed by atoms with Crippen LogP contribution in [-0.2, 0) is 0 Å². The number of hydrogen-bond donors (Lipinski definition) is 0. The molecule has 0 saturated heterocycles. The molecule has 0 aliphatic heterocycles. The van der Waals surface area contributed by atoms with Gasteiger partial charge < -0.3 is 0 Å². The SMILES string of the molecule is ClC(Cl)(Cl)C(Cl)(Cl)C(Cl)(Cl)C(Cl)(Cl)C(Cl)(Cl)C(Cl)(Cl)C(Cl)(Cl)C(Cl)(Cl)C(Cl)(Cl)C(Cl)(Cl)C(Cl)(Cl)C(Cl)(Cl)C(Cl)(Cl)C(Cl)(Cl)C(Cl)(Cl)C(Cl)(Cl)C(Cl)(Cl)C(Cl)(Cl)C(Cl)(Cl)C(Cl)(Cl)C(Cl)(Cl)C(Cl)(Cl)Cl. The lowest BCUT2D eigenvalue weighted by Gasteiger charge is -2.59. The lowest BCUT2D eigenvalue weighted by molar-refractivity contribution is 0.385. The van der Waals surface area contributed by atoms with Crippen molar-refractivity contribution in [3.63, 3.8) is 0 Å². The molecule has 0 heterocycles. The number of rotatable bonds is 19. The number of alkyl halides is 46. The fourth-order valence-corrected chi connectivity index (χ4v) is 19.6. The highest BCUT2D eigenvalue weighted by molar-refractivity contribution is 6.88. The van der Waals surface area contributed by atoms with Crippen LogP contribution in [0.15, 0.2) is 0 Å². The van der Waals surface area contributed by atoms with Crippen LogP contribution in [0.25, 0.3) is 0 Å². The molecule has 0 rings (SSSR count). The van der Waals surface area contributed by atoms with Crippen molar-refractivity contribution in [3.05, 3.63) is 0 Å². The zero-order chi connectivity index (χ0) is 57.0. The molecule has 46 heteroatoms. The molecule has 0 aromatic heterocycles. The first-order valence-electron chi connectivity index (χ1n) is 13.9. The first-order valence-corrected chi connectivity index (χ1v) is 31.3. The van der Waals surface area contributed by atoms with Crippen LogP contribution in [0.2, 0.25) is 0 Å². The van der Waals surface area contributed by atoms with Crippen molar-refractivity contribution in [2.24, 2.45) is 0 Å². The number of hydrogen-bond acceptors (Lipinski definition) is 0. The highest BCUT2D eigenvalue weighted by Gasteiger charge is 2.89. The van der Waals surface area contributed by atoms with E-state index < -0.39 is 94.3 Å². The van der Waals surface area contributed by atoms with E-state index >= 15 is 0 Å². The van der Waals surface area contributed by atoms with Gasteiger partial charge in [-0.2, -0.15) is 0 Å². The van der Waals surface area contributed by atoms with Gasteiger partial charge >= 0.3 is 0 Å². The van der Waals surface area contributed by atoms with E-state index in [9.17, 15) is 0 Å². The predicted octanol–water partition coefficient (Wildman–Crippen LogP) is 27.2. The van der Waals surface area contributed by atoms with Crippen LogP contribution in [0, 0.1) is 0 Å². The second kappa shape index (κ2) is 23.9. The first-order chi connectivity index (χ1) is 28.2. The predicted molar refractivity (Wildman–Crippen MR) is 329 cm³/mol. The minimum absolute atomic E-state index is 2.92. The van der Waals surface area contributed by atoms with E-state index in [0.717, 1.165) is 0 Å². The molecule has 410 valence electrons. The Morgan fingerprint density at radius 3 is 0.162 bits per heavy atom. The van der Waals surface area contributed by atoms with Crippen LogP contribution < -0.4 is 0 Å². The maximum absolute atomic E-state index is 6.65. The van der Waals surface area contributed by atoms with Gasteiger partial charge in [0, 0.05) is 0 Å². The summed E-state index contributed by atoms with van der Waals surface area (Å²) in [5.74, 6) is 0. The molecule has 0 nitrogen and oxygen atoms in total. The molecular formula is C22Cl46. The average Bonchev–Trinajstić information content (AvgIpc) is 3.08. The third-order valence-electron chi connectivity index (χ3n) is 8.20. The normalized spacial score (nSPS) is 17.6. The molecule has 0 spiro atoms. The summed E-state index contributed by atoms with van der Waals surface area (Å²) in [5, 5.41) is 0. The molecule has 0 bridgehead atoms. The molecule has 0 N–H and O–H groups in total. The van der Waals surface area contributed by atoms with E-state index in [4.69, 9.17) is 534 Å². The molecule has 68 heavy (non-hydrogen) atoms. The van der Waals surface area contributed by atoms with Gasteiger partial charge in [0.1, 0.15) is 0 Å². The Labute approximate surface area is 616 Å². The van der Waals surface area contributed by atoms with Crippen molar-refractivity contribution in [2.75, 3.05) is 0 Å². The molecular weight excluding hydrogens is 1900 g/mol. The molecule has 0 fully saturated rings. The van der Waals surface area contributed by atoms with Gasteiger partial charge in [-0.25, -0.2) is 0 Å². The summed E-state index contributed by atoms with van der Waals surface area (Å²) >= 11 is 295. The van der Waals surface area contributed by atoms with Crippen molar-refractivity contribution >= 4 is 534 Å². The highest BCUT2D eigenvalue weighted by atomic mass is 35.6. The zero-order valence-electron chi connectivity index (χ0n) is 28.4. The molecule has 0 aromatic rings. The Morgan fingerprint density at radius 1 is 0.0735 bits per heavy atom. The van der Waals surface area contributed by atoms with Crippen LogP contribution in [0.1, 0.15) is 0 Å². The Morgan fingerprint density at radius 2 is 0.118 bits per heavy atom. The van der Waals surface area contributed by atoms with Gasteiger partial charge in [0.2, 0.25) is 16.3 Å². The topological polar surface area (TPSA) is 0 Å². The Balaban J connectivity index is 8.09. The second-order valence-electron chi connectivity index (χ2n) is 12.5. The lowest BCUT2D eigenvalue weighted by atomic mass is 9.95. The Kier molecular flexibility index (Phi) is 28.6. The summed E-state index contributed by atoms with van der Waals surface area (Å²) in [6.07, 6.45) is 0. The molecule has 0 aliphatic carbocycles. The molecule has 0 aliphatic rings. The zero-order valence-corrected chi connectivity index (χ0v) is 63.2. The van der Waals surface area contributed by atoms with E-state index in [2.05, 4.69) is 0 Å². The summed E-state index contributed by atoms with van der Waals surface area (Å²) < 4.78 is -78.6. The molecule has 0 amide bonds. The minimum atomic E-state index is -3.86. The third-order valence-corrected chi connectivity index (χ3v) is 41.1. The Hall–Kier alpha value is 13.3. The van der Waals surface area contributed by atoms with Crippen molar-refractivity contribution in [1.82, 2.24) is 0 Å². The highest BCUT2D eigenvalue weighted by Crippen LogP contribution is 2.80. The van der Waals surface area contributed by atoms with Crippen molar-refractivity contribution in [2.45, 2.75) is 94.3 Å². The van der Waals surface area contributed by atoms with Crippen LogP contribution >= 0.6 is 534 Å². The second-order valence-corrected chi connectivity index (χ2v) is 43.6. The largest absolute Gasteiger partial charge is 0.226 e. The fourth-order valence-electron chi connectivity index (χ4n) is 3.91. The van der Waals surface area contributed by atoms with Crippen LogP contribution in [-0.4, -0.2) is 94.3 Å². The van der Waals surface area contributed by atoms with E-state index in [1.165, 1.54) is 0 Å². The van der Waals surface area contributed by atoms with Crippen LogP contribution in [0.3, 0.4) is 0 Å². The quantitative estimate of drug-likeness (QED) is 0.113. The molecule has 0 atom stereocenters. The minimum Gasteiger partial charge on any atom is -0.0946 e. The van der Waals surface area contributed by atoms with Gasteiger partial charge in [0.15, 0.2) is 78.0 Å². The van der Waals surface area contributed by atoms with Gasteiger partial charge in [0.25, 0.3) is 0 Å². The maximum Gasteiger partial charge on any atom is 0.226 e. The first kappa shape index (κ1) is 81.3. The summed E-state index contributed by atoms with van der Waals surface area (Å²) in [6.45, 7) is 0. The van der Waals surface area contributed by atoms with Crippen molar-refractivity contribution in [3.8, 4) is 0 Å². The van der Waals surface area contributed by atoms with E-state index in [0.29, 0.717) is 0 Å². The van der Waals surface area contributed by atoms with E-state index in [1.54, 1.807) is 0 Å². The van der Waals surface area contributed by atoms with Crippen LogP contribution in [0.5, 0.6) is 0 Å². The molecule has 0 radical (unpaired) electrons. The standard InChI is InChI=1S/C22Cl46/c23-1(24,3(27,28)5(31,32)7(35,36)9(39,40)11(43,44)13(47,48)15(51,52)17(55,56)19(59,60)21(63,64)65)2(25,26)4(29,30)6(33,34)8(37,38)10(41,42)12(45,46)14(49,50)16(53,54)18(57,58)20(61,62)22(66,67)68. The van der Waals surface area contributed by atoms with Gasteiger partial charge in [-0.3, -0.25) is 0 Å². The van der Waals surface area contributed by atoms with Crippen molar-refractivity contribution in [1.29, 1.82) is 0 Å².